The molecule has 92 valence electrons. The van der Waals surface area contributed by atoms with E-state index in [9.17, 15) is 0 Å². The molecule has 2 rings (SSSR count). The smallest absolute Gasteiger partial charge is 0.0622 e. The summed E-state index contributed by atoms with van der Waals surface area (Å²) in [6.45, 7) is 2.73. The summed E-state index contributed by atoms with van der Waals surface area (Å²) in [5, 5.41) is 10.8. The molecule has 1 N–H and O–H groups in total. The van der Waals surface area contributed by atoms with Crippen LogP contribution < -0.4 is 5.43 Å². The van der Waals surface area contributed by atoms with Crippen molar-refractivity contribution in [3.63, 3.8) is 0 Å². The van der Waals surface area contributed by atoms with Crippen LogP contribution in [0.3, 0.4) is 0 Å². The third-order valence-corrected chi connectivity index (χ3v) is 2.45. The predicted molar refractivity (Wildman–Crippen MR) is 74.2 cm³/mol. The second kappa shape index (κ2) is 8.77. The lowest BCUT2D eigenvalue weighted by atomic mass is 10.2. The van der Waals surface area contributed by atoms with Gasteiger partial charge in [-0.1, -0.05) is 67.6 Å². The van der Waals surface area contributed by atoms with Crippen molar-refractivity contribution in [1.82, 2.24) is 5.43 Å². The fourth-order valence-corrected chi connectivity index (χ4v) is 1.44. The maximum absolute atomic E-state index is 8.04. The molecule has 0 spiro atoms. The fourth-order valence-electron chi connectivity index (χ4n) is 1.44. The van der Waals surface area contributed by atoms with Crippen molar-refractivity contribution in [3.05, 3.63) is 76.9 Å². The predicted octanol–water partition coefficient (Wildman–Crippen LogP) is 3.79. The highest BCUT2D eigenvalue weighted by Crippen LogP contribution is 1.97. The fraction of sp³-hybridized carbons (Fsp3) is 0.200. The summed E-state index contributed by atoms with van der Waals surface area (Å²) in [5.74, 6) is 0. The van der Waals surface area contributed by atoms with Crippen molar-refractivity contribution in [2.75, 3.05) is 0 Å². The van der Waals surface area contributed by atoms with Crippen LogP contribution in [0.4, 0.5) is 0 Å². The van der Waals surface area contributed by atoms with Gasteiger partial charge < -0.3 is 0 Å². The zero-order valence-corrected chi connectivity index (χ0v) is 10.6. The maximum Gasteiger partial charge on any atom is 0.303 e. The first-order chi connectivity index (χ1) is 8.86. The van der Waals surface area contributed by atoms with Gasteiger partial charge in [-0.3, -0.25) is 0 Å². The van der Waals surface area contributed by atoms with E-state index in [1.165, 1.54) is 5.56 Å². The first-order valence-electron chi connectivity index (χ1n) is 6.01. The van der Waals surface area contributed by atoms with E-state index >= 15 is 0 Å². The second-order valence-electron chi connectivity index (χ2n) is 3.76. The average Bonchev–Trinajstić information content (AvgIpc) is 2.48. The summed E-state index contributed by atoms with van der Waals surface area (Å²) in [6.07, 6.45) is 1.14. The largest absolute Gasteiger partial charge is 0.303 e. The lowest BCUT2D eigenvalue weighted by Gasteiger charge is -1.89. The minimum Gasteiger partial charge on any atom is -0.0622 e. The zero-order valence-electron chi connectivity index (χ0n) is 10.6. The van der Waals surface area contributed by atoms with Crippen molar-refractivity contribution in [2.24, 2.45) is 0 Å². The van der Waals surface area contributed by atoms with Crippen molar-refractivity contribution >= 4 is 0 Å². The van der Waals surface area contributed by atoms with Gasteiger partial charge in [-0.15, -0.1) is 0 Å². The van der Waals surface area contributed by atoms with E-state index < -0.39 is 0 Å². The molecule has 0 radical (unpaired) electrons. The SMILES string of the molecule is CCc1ccccc1.N#[N+]NCc1ccccc1. The van der Waals surface area contributed by atoms with Crippen LogP contribution in [0.1, 0.15) is 18.1 Å². The molecule has 0 amide bonds. The molecule has 0 saturated heterocycles. The maximum atomic E-state index is 8.04. The van der Waals surface area contributed by atoms with Gasteiger partial charge in [0, 0.05) is 0 Å². The zero-order chi connectivity index (χ0) is 13.1. The summed E-state index contributed by atoms with van der Waals surface area (Å²) in [7, 11) is 0. The number of hydrogen-bond donors (Lipinski definition) is 1. The first kappa shape index (κ1) is 13.7. The van der Waals surface area contributed by atoms with Crippen LogP contribution >= 0.6 is 0 Å². The first-order valence-corrected chi connectivity index (χ1v) is 6.01. The summed E-state index contributed by atoms with van der Waals surface area (Å²) >= 11 is 0. The molecular weight excluding hydrogens is 222 g/mol. The Morgan fingerprint density at radius 2 is 1.39 bits per heavy atom. The molecule has 3 heteroatoms. The van der Waals surface area contributed by atoms with E-state index in [1.807, 2.05) is 36.4 Å². The lowest BCUT2D eigenvalue weighted by Crippen LogP contribution is -2.00. The summed E-state index contributed by atoms with van der Waals surface area (Å²) in [4.78, 5) is 0. The second-order valence-corrected chi connectivity index (χ2v) is 3.76. The molecule has 0 aromatic heterocycles. The molecule has 0 aliphatic carbocycles. The topological polar surface area (TPSA) is 40.2 Å². The van der Waals surface area contributed by atoms with Gasteiger partial charge in [-0.25, -0.2) is 0 Å². The molecule has 0 saturated carbocycles. The van der Waals surface area contributed by atoms with Gasteiger partial charge >= 0.3 is 5.08 Å². The van der Waals surface area contributed by atoms with Crippen LogP contribution in [0, 0.1) is 5.39 Å². The van der Waals surface area contributed by atoms with Gasteiger partial charge in [0.1, 0.15) is 6.54 Å². The van der Waals surface area contributed by atoms with Gasteiger partial charge in [0.05, 0.1) is 0 Å². The van der Waals surface area contributed by atoms with E-state index in [-0.39, 0.29) is 0 Å². The highest BCUT2D eigenvalue weighted by Gasteiger charge is 1.92. The van der Waals surface area contributed by atoms with Gasteiger partial charge in [0.15, 0.2) is 0 Å². The number of diazo groups is 1. The molecular formula is C15H18N3+. The molecule has 0 aliphatic rings. The van der Waals surface area contributed by atoms with E-state index in [0.29, 0.717) is 6.54 Å². The Hall–Kier alpha value is -2.34. The number of nitrogens with zero attached hydrogens (tertiary/aromatic N) is 2. The Morgan fingerprint density at radius 1 is 0.889 bits per heavy atom. The highest BCUT2D eigenvalue weighted by molar-refractivity contribution is 5.14. The van der Waals surface area contributed by atoms with Crippen molar-refractivity contribution in [2.45, 2.75) is 19.9 Å². The monoisotopic (exact) mass is 240 g/mol. The van der Waals surface area contributed by atoms with E-state index in [4.69, 9.17) is 5.39 Å². The number of rotatable bonds is 3. The summed E-state index contributed by atoms with van der Waals surface area (Å²) in [5.41, 5.74) is 4.95. The summed E-state index contributed by atoms with van der Waals surface area (Å²) in [6, 6.07) is 20.2. The molecule has 2 aromatic rings. The molecule has 0 bridgehead atoms. The van der Waals surface area contributed by atoms with Crippen LogP contribution in [0.15, 0.2) is 60.7 Å². The number of aryl methyl sites for hydroxylation is 1. The molecule has 0 unspecified atom stereocenters. The Morgan fingerprint density at radius 3 is 1.78 bits per heavy atom. The standard InChI is InChI=1S/C8H10.C7H8N3/c1-2-8-6-4-3-5-7-8;8-10-9-6-7-4-2-1-3-5-7/h3-7H,2H2,1H3;1-5,9H,6H2/q;+1. The van der Waals surface area contributed by atoms with Gasteiger partial charge in [0.25, 0.3) is 5.39 Å². The Balaban J connectivity index is 0.000000184. The molecule has 0 heterocycles. The van der Waals surface area contributed by atoms with Gasteiger partial charge in [-0.05, 0) is 23.0 Å². The number of nitrogens with one attached hydrogen (secondary N) is 1. The molecule has 2 aromatic carbocycles. The lowest BCUT2D eigenvalue weighted by molar-refractivity contribution is 0.843. The molecule has 18 heavy (non-hydrogen) atoms. The number of hydrogen-bond acceptors (Lipinski definition) is 2. The van der Waals surface area contributed by atoms with Crippen LogP contribution in [-0.4, -0.2) is 0 Å². The van der Waals surface area contributed by atoms with Crippen molar-refractivity contribution in [1.29, 1.82) is 5.39 Å². The molecule has 0 fully saturated rings. The minimum absolute atomic E-state index is 0.567. The van der Waals surface area contributed by atoms with Crippen LogP contribution in [0.5, 0.6) is 0 Å². The Labute approximate surface area is 108 Å². The normalized spacial score (nSPS) is 8.67. The van der Waals surface area contributed by atoms with Gasteiger partial charge in [0.2, 0.25) is 0 Å². The van der Waals surface area contributed by atoms with E-state index in [2.05, 4.69) is 41.7 Å². The molecule has 3 nitrogen and oxygen atoms in total. The van der Waals surface area contributed by atoms with E-state index in [0.717, 1.165) is 12.0 Å². The van der Waals surface area contributed by atoms with Gasteiger partial charge in [-0.2, -0.15) is 0 Å². The third kappa shape index (κ3) is 5.66. The molecule has 0 atom stereocenters. The van der Waals surface area contributed by atoms with Crippen LogP contribution in [0.25, 0.3) is 5.08 Å². The molecule has 0 aliphatic heterocycles. The Kier molecular flexibility index (Phi) is 6.69. The van der Waals surface area contributed by atoms with Crippen molar-refractivity contribution in [3.8, 4) is 0 Å². The van der Waals surface area contributed by atoms with E-state index in [1.54, 1.807) is 0 Å². The quantitative estimate of drug-likeness (QED) is 0.655. The average molecular weight is 240 g/mol. The van der Waals surface area contributed by atoms with Crippen molar-refractivity contribution < 1.29 is 0 Å². The summed E-state index contributed by atoms with van der Waals surface area (Å²) < 4.78 is 0. The van der Waals surface area contributed by atoms with Crippen LogP contribution in [0.2, 0.25) is 0 Å². The number of benzene rings is 2. The third-order valence-electron chi connectivity index (χ3n) is 2.45. The Bertz CT molecular complexity index is 460. The highest BCUT2D eigenvalue weighted by atomic mass is 15.3. The van der Waals surface area contributed by atoms with Crippen LogP contribution in [-0.2, 0) is 13.0 Å². The minimum atomic E-state index is 0.567.